The number of nitrogens with zero attached hydrogens (tertiary/aromatic N) is 1. The second-order valence-corrected chi connectivity index (χ2v) is 4.41. The van der Waals surface area contributed by atoms with Crippen molar-refractivity contribution in [3.8, 4) is 0 Å². The predicted molar refractivity (Wildman–Crippen MR) is 72.5 cm³/mol. The second kappa shape index (κ2) is 7.70. The Balaban J connectivity index is 2.26. The minimum absolute atomic E-state index is 0.0311. The molecule has 5 nitrogen and oxygen atoms in total. The summed E-state index contributed by atoms with van der Waals surface area (Å²) < 4.78 is 18.5. The van der Waals surface area contributed by atoms with Gasteiger partial charge in [0.15, 0.2) is 0 Å². The molecule has 0 heterocycles. The molecule has 1 rings (SSSR count). The monoisotopic (exact) mass is 269 g/mol. The lowest BCUT2D eigenvalue weighted by Gasteiger charge is -2.10. The molecule has 0 atom stereocenters. The average Bonchev–Trinajstić information content (AvgIpc) is 2.36. The van der Waals surface area contributed by atoms with Crippen LogP contribution in [0.1, 0.15) is 10.4 Å². The molecule has 0 aliphatic rings. The molecular formula is C13H20FN3O2. The zero-order valence-corrected chi connectivity index (χ0v) is 11.3. The van der Waals surface area contributed by atoms with Crippen LogP contribution < -0.4 is 11.1 Å². The van der Waals surface area contributed by atoms with Crippen molar-refractivity contribution in [2.75, 3.05) is 46.1 Å². The Kier molecular flexibility index (Phi) is 6.24. The summed E-state index contributed by atoms with van der Waals surface area (Å²) in [6, 6.07) is 3.98. The van der Waals surface area contributed by atoms with Crippen molar-refractivity contribution >= 4 is 11.6 Å². The second-order valence-electron chi connectivity index (χ2n) is 4.41. The first-order valence-electron chi connectivity index (χ1n) is 6.06. The highest BCUT2D eigenvalue weighted by Gasteiger charge is 2.07. The van der Waals surface area contributed by atoms with Crippen molar-refractivity contribution in [2.45, 2.75) is 0 Å². The molecule has 0 unspecified atom stereocenters. The van der Waals surface area contributed by atoms with Crippen molar-refractivity contribution < 1.29 is 13.9 Å². The number of nitrogens with two attached hydrogens (primary N) is 1. The van der Waals surface area contributed by atoms with Crippen molar-refractivity contribution in [2.24, 2.45) is 0 Å². The van der Waals surface area contributed by atoms with E-state index >= 15 is 0 Å². The van der Waals surface area contributed by atoms with Crippen LogP contribution in [0.25, 0.3) is 0 Å². The summed E-state index contributed by atoms with van der Waals surface area (Å²) in [5.41, 5.74) is 5.62. The highest BCUT2D eigenvalue weighted by molar-refractivity contribution is 5.94. The number of anilines is 1. The zero-order chi connectivity index (χ0) is 14.3. The third-order valence-electron chi connectivity index (χ3n) is 2.48. The van der Waals surface area contributed by atoms with E-state index in [0.717, 1.165) is 12.6 Å². The largest absolute Gasteiger partial charge is 0.396 e. The lowest BCUT2D eigenvalue weighted by atomic mass is 10.2. The van der Waals surface area contributed by atoms with Crippen molar-refractivity contribution in [1.82, 2.24) is 10.2 Å². The van der Waals surface area contributed by atoms with E-state index < -0.39 is 5.82 Å². The number of carbonyl (C=O) groups excluding carboxylic acids is 1. The Morgan fingerprint density at radius 1 is 1.42 bits per heavy atom. The van der Waals surface area contributed by atoms with Crippen LogP contribution in [-0.2, 0) is 4.74 Å². The van der Waals surface area contributed by atoms with Crippen molar-refractivity contribution in [3.05, 3.63) is 29.6 Å². The van der Waals surface area contributed by atoms with E-state index in [4.69, 9.17) is 10.5 Å². The number of nitrogens with one attached hydrogen (secondary N) is 1. The number of carbonyl (C=O) groups is 1. The molecule has 0 aliphatic carbocycles. The number of hydrogen-bond acceptors (Lipinski definition) is 4. The SMILES string of the molecule is CN(C)CCOCCNC(=O)c1ccc(N)c(F)c1. The van der Waals surface area contributed by atoms with Gasteiger partial charge in [0, 0.05) is 18.7 Å². The molecule has 6 heteroatoms. The van der Waals surface area contributed by atoms with Gasteiger partial charge in [0.25, 0.3) is 5.91 Å². The smallest absolute Gasteiger partial charge is 0.251 e. The summed E-state index contributed by atoms with van der Waals surface area (Å²) in [7, 11) is 3.92. The maximum atomic E-state index is 13.2. The Morgan fingerprint density at radius 3 is 2.79 bits per heavy atom. The Bertz CT molecular complexity index is 424. The van der Waals surface area contributed by atoms with Gasteiger partial charge < -0.3 is 20.7 Å². The van der Waals surface area contributed by atoms with E-state index in [9.17, 15) is 9.18 Å². The Morgan fingerprint density at radius 2 is 2.16 bits per heavy atom. The third-order valence-corrected chi connectivity index (χ3v) is 2.48. The summed E-state index contributed by atoms with van der Waals surface area (Å²) >= 11 is 0. The predicted octanol–water partition coefficient (Wildman–Crippen LogP) is 0.716. The van der Waals surface area contributed by atoms with Gasteiger partial charge >= 0.3 is 0 Å². The summed E-state index contributed by atoms with van der Waals surface area (Å²) in [6.07, 6.45) is 0. The van der Waals surface area contributed by atoms with Crippen LogP contribution in [0.5, 0.6) is 0 Å². The maximum absolute atomic E-state index is 13.2. The van der Waals surface area contributed by atoms with Gasteiger partial charge in [-0.05, 0) is 32.3 Å². The summed E-state index contributed by atoms with van der Waals surface area (Å²) in [5, 5.41) is 2.65. The van der Waals surface area contributed by atoms with E-state index in [-0.39, 0.29) is 17.2 Å². The fraction of sp³-hybridized carbons (Fsp3) is 0.462. The summed E-state index contributed by atoms with van der Waals surface area (Å²) in [4.78, 5) is 13.7. The minimum atomic E-state index is -0.588. The highest BCUT2D eigenvalue weighted by Crippen LogP contribution is 2.11. The Hall–Kier alpha value is -1.66. The van der Waals surface area contributed by atoms with Crippen LogP contribution >= 0.6 is 0 Å². The van der Waals surface area contributed by atoms with E-state index in [1.54, 1.807) is 0 Å². The van der Waals surface area contributed by atoms with Gasteiger partial charge in [0.2, 0.25) is 0 Å². The van der Waals surface area contributed by atoms with Gasteiger partial charge in [-0.25, -0.2) is 4.39 Å². The van der Waals surface area contributed by atoms with Crippen molar-refractivity contribution in [1.29, 1.82) is 0 Å². The molecule has 0 saturated carbocycles. The number of halogens is 1. The molecule has 0 aliphatic heterocycles. The lowest BCUT2D eigenvalue weighted by molar-refractivity contribution is 0.0900. The van der Waals surface area contributed by atoms with Gasteiger partial charge in [0.05, 0.1) is 18.9 Å². The molecule has 0 saturated heterocycles. The van der Waals surface area contributed by atoms with Gasteiger partial charge in [0.1, 0.15) is 5.82 Å². The first kappa shape index (κ1) is 15.4. The number of likely N-dealkylation sites (N-methyl/N-ethyl adjacent to an activating group) is 1. The van der Waals surface area contributed by atoms with Crippen LogP contribution in [0.15, 0.2) is 18.2 Å². The number of nitrogen functional groups attached to an aromatic ring is 1. The standard InChI is InChI=1S/C13H20FN3O2/c1-17(2)6-8-19-7-5-16-13(18)10-3-4-12(15)11(14)9-10/h3-4,9H,5-8,15H2,1-2H3,(H,16,18). The normalized spacial score (nSPS) is 10.7. The maximum Gasteiger partial charge on any atom is 0.251 e. The number of hydrogen-bond donors (Lipinski definition) is 2. The molecular weight excluding hydrogens is 249 g/mol. The van der Waals surface area contributed by atoms with Gasteiger partial charge in [-0.3, -0.25) is 4.79 Å². The highest BCUT2D eigenvalue weighted by atomic mass is 19.1. The van der Waals surface area contributed by atoms with E-state index in [1.165, 1.54) is 12.1 Å². The first-order chi connectivity index (χ1) is 9.00. The van der Waals surface area contributed by atoms with Gasteiger partial charge in [-0.1, -0.05) is 0 Å². The molecule has 0 bridgehead atoms. The summed E-state index contributed by atoms with van der Waals surface area (Å²) in [6.45, 7) is 2.26. The molecule has 1 aromatic carbocycles. The zero-order valence-electron chi connectivity index (χ0n) is 11.3. The van der Waals surface area contributed by atoms with E-state index in [2.05, 4.69) is 5.32 Å². The fourth-order valence-corrected chi connectivity index (χ4v) is 1.36. The minimum Gasteiger partial charge on any atom is -0.396 e. The molecule has 19 heavy (non-hydrogen) atoms. The molecule has 1 amide bonds. The van der Waals surface area contributed by atoms with Crippen molar-refractivity contribution in [3.63, 3.8) is 0 Å². The lowest BCUT2D eigenvalue weighted by Crippen LogP contribution is -2.28. The van der Waals surface area contributed by atoms with Gasteiger partial charge in [-0.15, -0.1) is 0 Å². The van der Waals surface area contributed by atoms with Crippen LogP contribution in [0.4, 0.5) is 10.1 Å². The van der Waals surface area contributed by atoms with E-state index in [1.807, 2.05) is 19.0 Å². The number of rotatable bonds is 7. The molecule has 106 valence electrons. The number of benzene rings is 1. The number of ether oxygens (including phenoxy) is 1. The average molecular weight is 269 g/mol. The van der Waals surface area contributed by atoms with Gasteiger partial charge in [-0.2, -0.15) is 0 Å². The molecule has 0 fully saturated rings. The first-order valence-corrected chi connectivity index (χ1v) is 6.06. The quantitative estimate of drug-likeness (QED) is 0.565. The van der Waals surface area contributed by atoms with E-state index in [0.29, 0.717) is 19.8 Å². The van der Waals surface area contributed by atoms with Crippen LogP contribution in [0, 0.1) is 5.82 Å². The van der Waals surface area contributed by atoms with Crippen LogP contribution in [0.3, 0.4) is 0 Å². The third kappa shape index (κ3) is 5.67. The number of amides is 1. The topological polar surface area (TPSA) is 67.6 Å². The van der Waals surface area contributed by atoms with Crippen LogP contribution in [0.2, 0.25) is 0 Å². The van der Waals surface area contributed by atoms with Crippen LogP contribution in [-0.4, -0.2) is 51.2 Å². The fourth-order valence-electron chi connectivity index (χ4n) is 1.36. The summed E-state index contributed by atoms with van der Waals surface area (Å²) in [5.74, 6) is -0.926. The molecule has 0 aromatic heterocycles. The molecule has 0 spiro atoms. The molecule has 1 aromatic rings. The Labute approximate surface area is 112 Å². The molecule has 3 N–H and O–H groups in total. The molecule has 0 radical (unpaired) electrons.